The van der Waals surface area contributed by atoms with Crippen molar-refractivity contribution in [3.8, 4) is 0 Å². The summed E-state index contributed by atoms with van der Waals surface area (Å²) >= 11 is 6.33. The molecule has 108 valence electrons. The van der Waals surface area contributed by atoms with E-state index < -0.39 is 0 Å². The van der Waals surface area contributed by atoms with E-state index in [-0.39, 0.29) is 0 Å². The first-order valence-electron chi connectivity index (χ1n) is 6.73. The Morgan fingerprint density at radius 2 is 2.11 bits per heavy atom. The molecule has 0 bridgehead atoms. The highest BCUT2D eigenvalue weighted by atomic mass is 35.5. The number of halogens is 1. The highest BCUT2D eigenvalue weighted by molar-refractivity contribution is 6.33. The van der Waals surface area contributed by atoms with Crippen LogP contribution in [0, 0.1) is 5.92 Å². The van der Waals surface area contributed by atoms with Crippen LogP contribution in [0.4, 0.5) is 5.69 Å². The first kappa shape index (κ1) is 16.3. The van der Waals surface area contributed by atoms with Crippen molar-refractivity contribution in [2.24, 2.45) is 5.92 Å². The third-order valence-electron chi connectivity index (χ3n) is 2.94. The van der Waals surface area contributed by atoms with E-state index in [1.807, 2.05) is 13.1 Å². The predicted molar refractivity (Wildman–Crippen MR) is 83.1 cm³/mol. The minimum atomic E-state index is 0.662. The smallest absolute Gasteiger partial charge is 0.0642 e. The Hall–Kier alpha value is -0.770. The van der Waals surface area contributed by atoms with Crippen LogP contribution in [-0.2, 0) is 11.3 Å². The SMILES string of the molecule is COCCN(C)c1ccc(CNCC(C)C)cc1Cl. The number of anilines is 1. The summed E-state index contributed by atoms with van der Waals surface area (Å²) < 4.78 is 5.08. The summed E-state index contributed by atoms with van der Waals surface area (Å²) in [5, 5.41) is 4.21. The fraction of sp³-hybridized carbons (Fsp3) is 0.600. The Balaban J connectivity index is 2.58. The van der Waals surface area contributed by atoms with Gasteiger partial charge in [0.15, 0.2) is 0 Å². The Morgan fingerprint density at radius 3 is 2.68 bits per heavy atom. The summed E-state index contributed by atoms with van der Waals surface area (Å²) in [5.41, 5.74) is 2.26. The molecule has 3 nitrogen and oxygen atoms in total. The van der Waals surface area contributed by atoms with Crippen molar-refractivity contribution in [2.45, 2.75) is 20.4 Å². The normalized spacial score (nSPS) is 11.1. The second-order valence-corrected chi connectivity index (χ2v) is 5.63. The van der Waals surface area contributed by atoms with Crippen molar-refractivity contribution in [3.63, 3.8) is 0 Å². The van der Waals surface area contributed by atoms with E-state index in [1.165, 1.54) is 5.56 Å². The van der Waals surface area contributed by atoms with Gasteiger partial charge in [0, 0.05) is 27.2 Å². The van der Waals surface area contributed by atoms with Gasteiger partial charge in [-0.15, -0.1) is 0 Å². The summed E-state index contributed by atoms with van der Waals surface area (Å²) in [7, 11) is 3.73. The number of nitrogens with zero attached hydrogens (tertiary/aromatic N) is 1. The molecule has 1 aromatic carbocycles. The van der Waals surface area contributed by atoms with E-state index in [0.29, 0.717) is 12.5 Å². The maximum atomic E-state index is 6.33. The van der Waals surface area contributed by atoms with Crippen molar-refractivity contribution in [2.75, 3.05) is 38.8 Å². The van der Waals surface area contributed by atoms with Crippen molar-refractivity contribution >= 4 is 17.3 Å². The van der Waals surface area contributed by atoms with Crippen LogP contribution in [0.3, 0.4) is 0 Å². The zero-order chi connectivity index (χ0) is 14.3. The number of nitrogens with one attached hydrogen (secondary N) is 1. The van der Waals surface area contributed by atoms with Crippen LogP contribution in [0.5, 0.6) is 0 Å². The maximum Gasteiger partial charge on any atom is 0.0642 e. The van der Waals surface area contributed by atoms with E-state index in [1.54, 1.807) is 7.11 Å². The molecular formula is C15H25ClN2O. The summed E-state index contributed by atoms with van der Waals surface area (Å²) in [5.74, 6) is 0.662. The van der Waals surface area contributed by atoms with Crippen molar-refractivity contribution in [3.05, 3.63) is 28.8 Å². The molecule has 0 atom stereocenters. The summed E-state index contributed by atoms with van der Waals surface area (Å²) in [6.07, 6.45) is 0. The van der Waals surface area contributed by atoms with Crippen LogP contribution in [-0.4, -0.2) is 33.9 Å². The monoisotopic (exact) mass is 284 g/mol. The Morgan fingerprint density at radius 1 is 1.37 bits per heavy atom. The number of hydrogen-bond donors (Lipinski definition) is 1. The average molecular weight is 285 g/mol. The minimum absolute atomic E-state index is 0.662. The molecule has 1 N–H and O–H groups in total. The fourth-order valence-corrected chi connectivity index (χ4v) is 2.17. The summed E-state index contributed by atoms with van der Waals surface area (Å²) in [4.78, 5) is 2.11. The molecule has 4 heteroatoms. The van der Waals surface area contributed by atoms with Gasteiger partial charge in [-0.2, -0.15) is 0 Å². The van der Waals surface area contributed by atoms with Gasteiger partial charge in [-0.05, 0) is 30.2 Å². The zero-order valence-corrected chi connectivity index (χ0v) is 13.1. The zero-order valence-electron chi connectivity index (χ0n) is 12.4. The molecule has 0 aliphatic rings. The molecule has 0 saturated carbocycles. The number of hydrogen-bond acceptors (Lipinski definition) is 3. The van der Waals surface area contributed by atoms with Gasteiger partial charge in [-0.25, -0.2) is 0 Å². The van der Waals surface area contributed by atoms with Gasteiger partial charge >= 0.3 is 0 Å². The van der Waals surface area contributed by atoms with Crippen molar-refractivity contribution < 1.29 is 4.74 Å². The first-order valence-corrected chi connectivity index (χ1v) is 7.11. The third kappa shape index (κ3) is 5.81. The molecule has 1 aromatic rings. The standard InChI is InChI=1S/C15H25ClN2O/c1-12(2)10-17-11-13-5-6-15(14(16)9-13)18(3)7-8-19-4/h5-6,9,12,17H,7-8,10-11H2,1-4H3. The van der Waals surface area contributed by atoms with Gasteiger partial charge in [0.05, 0.1) is 17.3 Å². The predicted octanol–water partition coefficient (Wildman–Crippen LogP) is 3.17. The fourth-order valence-electron chi connectivity index (χ4n) is 1.82. The highest BCUT2D eigenvalue weighted by Gasteiger charge is 2.06. The van der Waals surface area contributed by atoms with Crippen LogP contribution < -0.4 is 10.2 Å². The number of benzene rings is 1. The Bertz CT molecular complexity index is 382. The van der Waals surface area contributed by atoms with Crippen LogP contribution in [0.2, 0.25) is 5.02 Å². The molecule has 0 aliphatic carbocycles. The van der Waals surface area contributed by atoms with E-state index in [9.17, 15) is 0 Å². The molecule has 19 heavy (non-hydrogen) atoms. The van der Waals surface area contributed by atoms with Crippen molar-refractivity contribution in [1.29, 1.82) is 0 Å². The molecule has 0 spiro atoms. The molecule has 0 radical (unpaired) electrons. The van der Waals surface area contributed by atoms with Crippen LogP contribution >= 0.6 is 11.6 Å². The van der Waals surface area contributed by atoms with E-state index in [4.69, 9.17) is 16.3 Å². The summed E-state index contributed by atoms with van der Waals surface area (Å²) in [6.45, 7) is 7.82. The number of rotatable bonds is 8. The van der Waals surface area contributed by atoms with Crippen molar-refractivity contribution in [1.82, 2.24) is 5.32 Å². The molecule has 0 aromatic heterocycles. The van der Waals surface area contributed by atoms with Gasteiger partial charge in [-0.1, -0.05) is 31.5 Å². The molecule has 0 saturated heterocycles. The Labute approximate surface area is 121 Å². The van der Waals surface area contributed by atoms with Gasteiger partial charge in [0.2, 0.25) is 0 Å². The lowest BCUT2D eigenvalue weighted by Crippen LogP contribution is -2.22. The number of methoxy groups -OCH3 is 1. The van der Waals surface area contributed by atoms with Gasteiger partial charge < -0.3 is 15.0 Å². The minimum Gasteiger partial charge on any atom is -0.383 e. The summed E-state index contributed by atoms with van der Waals surface area (Å²) in [6, 6.07) is 6.23. The molecule has 0 heterocycles. The highest BCUT2D eigenvalue weighted by Crippen LogP contribution is 2.25. The molecule has 0 fully saturated rings. The molecule has 0 unspecified atom stereocenters. The second-order valence-electron chi connectivity index (χ2n) is 5.22. The van der Waals surface area contributed by atoms with Crippen LogP contribution in [0.25, 0.3) is 0 Å². The lowest BCUT2D eigenvalue weighted by atomic mass is 10.1. The van der Waals surface area contributed by atoms with E-state index in [2.05, 4.69) is 36.2 Å². The largest absolute Gasteiger partial charge is 0.383 e. The topological polar surface area (TPSA) is 24.5 Å². The Kier molecular flexibility index (Phi) is 7.21. The van der Waals surface area contributed by atoms with Gasteiger partial charge in [-0.3, -0.25) is 0 Å². The van der Waals surface area contributed by atoms with E-state index in [0.717, 1.165) is 30.3 Å². The van der Waals surface area contributed by atoms with Gasteiger partial charge in [0.1, 0.15) is 0 Å². The number of likely N-dealkylation sites (N-methyl/N-ethyl adjacent to an activating group) is 1. The van der Waals surface area contributed by atoms with Crippen LogP contribution in [0.1, 0.15) is 19.4 Å². The maximum absolute atomic E-state index is 6.33. The third-order valence-corrected chi connectivity index (χ3v) is 3.24. The van der Waals surface area contributed by atoms with E-state index >= 15 is 0 Å². The number of ether oxygens (including phenoxy) is 1. The molecule has 0 amide bonds. The quantitative estimate of drug-likeness (QED) is 0.794. The average Bonchev–Trinajstić information content (AvgIpc) is 2.35. The lowest BCUT2D eigenvalue weighted by molar-refractivity contribution is 0.206. The molecular weight excluding hydrogens is 260 g/mol. The molecule has 1 rings (SSSR count). The first-order chi connectivity index (χ1) is 9.04. The van der Waals surface area contributed by atoms with Crippen LogP contribution in [0.15, 0.2) is 18.2 Å². The second kappa shape index (κ2) is 8.41. The van der Waals surface area contributed by atoms with Gasteiger partial charge in [0.25, 0.3) is 0 Å². The lowest BCUT2D eigenvalue weighted by Gasteiger charge is -2.20. The molecule has 0 aliphatic heterocycles.